The Morgan fingerprint density at radius 2 is 1.64 bits per heavy atom. The molecule has 134 valence electrons. The lowest BCUT2D eigenvalue weighted by Gasteiger charge is -2.24. The number of nitrogens with zero attached hydrogens (tertiary/aromatic N) is 1. The van der Waals surface area contributed by atoms with Crippen molar-refractivity contribution < 1.29 is 19.0 Å². The van der Waals surface area contributed by atoms with E-state index in [1.807, 2.05) is 49.4 Å². The number of amides is 1. The Labute approximate surface area is 149 Å². The van der Waals surface area contributed by atoms with E-state index < -0.39 is 6.10 Å². The molecule has 25 heavy (non-hydrogen) atoms. The molecule has 0 saturated carbocycles. The van der Waals surface area contributed by atoms with E-state index in [4.69, 9.17) is 14.2 Å². The van der Waals surface area contributed by atoms with Gasteiger partial charge in [0.2, 0.25) is 0 Å². The summed E-state index contributed by atoms with van der Waals surface area (Å²) >= 11 is 0. The molecule has 0 unspecified atom stereocenters. The predicted octanol–water partition coefficient (Wildman–Crippen LogP) is 3.52. The lowest BCUT2D eigenvalue weighted by atomic mass is 10.2. The van der Waals surface area contributed by atoms with Crippen LogP contribution in [0.2, 0.25) is 0 Å². The zero-order valence-corrected chi connectivity index (χ0v) is 15.2. The maximum atomic E-state index is 12.7. The zero-order chi connectivity index (χ0) is 18.2. The highest BCUT2D eigenvalue weighted by atomic mass is 16.5. The van der Waals surface area contributed by atoms with Crippen molar-refractivity contribution >= 4 is 5.91 Å². The molecule has 2 rings (SSSR count). The van der Waals surface area contributed by atoms with Crippen LogP contribution in [-0.4, -0.2) is 38.2 Å². The van der Waals surface area contributed by atoms with Crippen LogP contribution in [0.5, 0.6) is 17.2 Å². The highest BCUT2D eigenvalue weighted by Gasteiger charge is 2.23. The van der Waals surface area contributed by atoms with Crippen molar-refractivity contribution in [2.24, 2.45) is 0 Å². The molecule has 0 aromatic heterocycles. The summed E-state index contributed by atoms with van der Waals surface area (Å²) < 4.78 is 16.3. The van der Waals surface area contributed by atoms with Crippen LogP contribution in [0.15, 0.2) is 48.5 Å². The van der Waals surface area contributed by atoms with Crippen LogP contribution in [0, 0.1) is 0 Å². The van der Waals surface area contributed by atoms with Crippen LogP contribution in [0.1, 0.15) is 18.9 Å². The van der Waals surface area contributed by atoms with Crippen LogP contribution in [0.3, 0.4) is 0 Å². The molecule has 5 heteroatoms. The van der Waals surface area contributed by atoms with Gasteiger partial charge >= 0.3 is 0 Å². The fraction of sp³-hybridized carbons (Fsp3) is 0.350. The summed E-state index contributed by atoms with van der Waals surface area (Å²) in [6.07, 6.45) is 0.0173. The van der Waals surface area contributed by atoms with Gasteiger partial charge < -0.3 is 19.1 Å². The first kappa shape index (κ1) is 18.6. The van der Waals surface area contributed by atoms with Gasteiger partial charge in [0.25, 0.3) is 5.91 Å². The van der Waals surface area contributed by atoms with E-state index in [0.717, 1.165) is 11.3 Å². The Balaban J connectivity index is 2.04. The second kappa shape index (κ2) is 8.97. The van der Waals surface area contributed by atoms with Gasteiger partial charge in [0.1, 0.15) is 5.75 Å². The van der Waals surface area contributed by atoms with E-state index in [-0.39, 0.29) is 5.91 Å². The first-order valence-corrected chi connectivity index (χ1v) is 8.26. The summed E-state index contributed by atoms with van der Waals surface area (Å²) in [7, 11) is 4.99. The molecular formula is C20H25NO4. The lowest BCUT2D eigenvalue weighted by Crippen LogP contribution is -2.39. The maximum Gasteiger partial charge on any atom is 0.263 e. The molecule has 0 aliphatic rings. The maximum absolute atomic E-state index is 12.7. The number of ether oxygens (including phenoxy) is 3. The lowest BCUT2D eigenvalue weighted by molar-refractivity contribution is -0.138. The molecule has 0 fully saturated rings. The van der Waals surface area contributed by atoms with Gasteiger partial charge in [-0.25, -0.2) is 0 Å². The predicted molar refractivity (Wildman–Crippen MR) is 97.2 cm³/mol. The van der Waals surface area contributed by atoms with Gasteiger partial charge in [-0.3, -0.25) is 4.79 Å². The van der Waals surface area contributed by atoms with Crippen LogP contribution < -0.4 is 14.2 Å². The van der Waals surface area contributed by atoms with E-state index in [0.29, 0.717) is 24.5 Å². The first-order chi connectivity index (χ1) is 12.1. The molecular weight excluding hydrogens is 318 g/mol. The SMILES string of the molecule is CC[C@H](Oc1ccccc1OC)C(=O)N(C)Cc1ccc(OC)cc1. The molecule has 0 heterocycles. The van der Waals surface area contributed by atoms with Crippen molar-refractivity contribution in [3.8, 4) is 17.2 Å². The van der Waals surface area contributed by atoms with Crippen molar-refractivity contribution in [2.75, 3.05) is 21.3 Å². The van der Waals surface area contributed by atoms with E-state index in [1.165, 1.54) is 0 Å². The molecule has 1 atom stereocenters. The van der Waals surface area contributed by atoms with Crippen molar-refractivity contribution in [1.82, 2.24) is 4.90 Å². The molecule has 2 aromatic rings. The van der Waals surface area contributed by atoms with Crippen LogP contribution in [0.25, 0.3) is 0 Å². The van der Waals surface area contributed by atoms with Gasteiger partial charge in [0, 0.05) is 13.6 Å². The molecule has 0 spiro atoms. The molecule has 0 bridgehead atoms. The minimum atomic E-state index is -0.556. The number of para-hydroxylation sites is 2. The van der Waals surface area contributed by atoms with Gasteiger partial charge in [-0.2, -0.15) is 0 Å². The number of carbonyl (C=O) groups is 1. The minimum absolute atomic E-state index is 0.0655. The van der Waals surface area contributed by atoms with Crippen molar-refractivity contribution in [2.45, 2.75) is 26.0 Å². The molecule has 0 aliphatic carbocycles. The third-order valence-electron chi connectivity index (χ3n) is 3.94. The van der Waals surface area contributed by atoms with Gasteiger partial charge in [0.15, 0.2) is 17.6 Å². The van der Waals surface area contributed by atoms with Gasteiger partial charge in [-0.1, -0.05) is 31.2 Å². The normalized spacial score (nSPS) is 11.5. The van der Waals surface area contributed by atoms with Gasteiger partial charge in [-0.05, 0) is 36.2 Å². The number of carbonyl (C=O) groups excluding carboxylic acids is 1. The molecule has 0 aliphatic heterocycles. The first-order valence-electron chi connectivity index (χ1n) is 8.26. The summed E-state index contributed by atoms with van der Waals surface area (Å²) in [5, 5.41) is 0. The summed E-state index contributed by atoms with van der Waals surface area (Å²) in [4.78, 5) is 14.4. The Bertz CT molecular complexity index is 684. The second-order valence-corrected chi connectivity index (χ2v) is 5.71. The smallest absolute Gasteiger partial charge is 0.263 e. The molecule has 2 aromatic carbocycles. The third-order valence-corrected chi connectivity index (χ3v) is 3.94. The Hall–Kier alpha value is -2.69. The fourth-order valence-electron chi connectivity index (χ4n) is 2.51. The summed E-state index contributed by atoms with van der Waals surface area (Å²) in [6.45, 7) is 2.44. The van der Waals surface area contributed by atoms with E-state index in [9.17, 15) is 4.79 Å². The average Bonchev–Trinajstić information content (AvgIpc) is 2.66. The molecule has 0 saturated heterocycles. The molecule has 0 N–H and O–H groups in total. The van der Waals surface area contributed by atoms with Crippen molar-refractivity contribution in [1.29, 1.82) is 0 Å². The second-order valence-electron chi connectivity index (χ2n) is 5.71. The Morgan fingerprint density at radius 1 is 1.00 bits per heavy atom. The van der Waals surface area contributed by atoms with Gasteiger partial charge in [-0.15, -0.1) is 0 Å². The number of rotatable bonds is 8. The van der Waals surface area contributed by atoms with Crippen molar-refractivity contribution in [3.05, 3.63) is 54.1 Å². The quantitative estimate of drug-likeness (QED) is 0.736. The summed E-state index contributed by atoms with van der Waals surface area (Å²) in [5.41, 5.74) is 1.03. The Morgan fingerprint density at radius 3 is 2.20 bits per heavy atom. The van der Waals surface area contributed by atoms with E-state index in [2.05, 4.69) is 0 Å². The van der Waals surface area contributed by atoms with Crippen LogP contribution in [-0.2, 0) is 11.3 Å². The minimum Gasteiger partial charge on any atom is -0.497 e. The Kier molecular flexibility index (Phi) is 6.69. The number of benzene rings is 2. The summed E-state index contributed by atoms with van der Waals surface area (Å²) in [6, 6.07) is 15.0. The average molecular weight is 343 g/mol. The highest BCUT2D eigenvalue weighted by molar-refractivity contribution is 5.81. The monoisotopic (exact) mass is 343 g/mol. The number of likely N-dealkylation sites (N-methyl/N-ethyl adjacent to an activating group) is 1. The van der Waals surface area contributed by atoms with E-state index in [1.54, 1.807) is 32.2 Å². The van der Waals surface area contributed by atoms with E-state index >= 15 is 0 Å². The topological polar surface area (TPSA) is 48.0 Å². The molecule has 5 nitrogen and oxygen atoms in total. The standard InChI is InChI=1S/C20H25NO4/c1-5-17(25-19-9-7-6-8-18(19)24-4)20(22)21(2)14-15-10-12-16(23-3)13-11-15/h6-13,17H,5,14H2,1-4H3/t17-/m0/s1. The fourth-order valence-corrected chi connectivity index (χ4v) is 2.51. The largest absolute Gasteiger partial charge is 0.497 e. The third kappa shape index (κ3) is 4.89. The number of methoxy groups -OCH3 is 2. The zero-order valence-electron chi connectivity index (χ0n) is 15.2. The van der Waals surface area contributed by atoms with Gasteiger partial charge in [0.05, 0.1) is 14.2 Å². The summed E-state index contributed by atoms with van der Waals surface area (Å²) in [5.74, 6) is 1.92. The van der Waals surface area contributed by atoms with Crippen LogP contribution >= 0.6 is 0 Å². The van der Waals surface area contributed by atoms with Crippen molar-refractivity contribution in [3.63, 3.8) is 0 Å². The highest BCUT2D eigenvalue weighted by Crippen LogP contribution is 2.27. The molecule has 0 radical (unpaired) electrons. The number of hydrogen-bond acceptors (Lipinski definition) is 4. The van der Waals surface area contributed by atoms with Crippen LogP contribution in [0.4, 0.5) is 0 Å². The number of hydrogen-bond donors (Lipinski definition) is 0. The molecule has 1 amide bonds.